The molecule has 38 heavy (non-hydrogen) atoms. The Kier molecular flexibility index (Phi) is 5.84. The minimum Gasteiger partial charge on any atom is -0.508 e. The number of H-pyrrole nitrogens is 1. The number of phenols is 1. The predicted octanol–water partition coefficient (Wildman–Crippen LogP) is 2.94. The van der Waals surface area contributed by atoms with Crippen molar-refractivity contribution < 1.29 is 23.8 Å². The normalized spacial score (nSPS) is 24.3. The topological polar surface area (TPSA) is 92.4 Å². The fourth-order valence-corrected chi connectivity index (χ4v) is 6.26. The fourth-order valence-electron chi connectivity index (χ4n) is 6.26. The number of carbonyl (C=O) groups excluding carboxylic acids is 2. The van der Waals surface area contributed by atoms with Gasteiger partial charge in [0.2, 0.25) is 0 Å². The molecule has 2 saturated heterocycles. The lowest BCUT2D eigenvalue weighted by molar-refractivity contribution is -0.133. The number of rotatable bonds is 5. The maximum absolute atomic E-state index is 15.6. The molecular weight excluding hydrogens is 489 g/mol. The molecule has 0 aliphatic carbocycles. The van der Waals surface area contributed by atoms with Crippen LogP contribution in [0.15, 0.2) is 36.4 Å². The molecule has 3 aliphatic heterocycles. The Labute approximate surface area is 220 Å². The number of urea groups is 1. The zero-order chi connectivity index (χ0) is 26.8. The molecule has 0 saturated carbocycles. The SMILES string of the molecule is COc1ccc2[nH]c3c(c2c1F)C[C@@]1(C)C(=O)N(CCN2CCN(C)CC2)C(=O)N1[C@@H]3c1cccc(O)c1. The van der Waals surface area contributed by atoms with Gasteiger partial charge in [0.15, 0.2) is 11.6 Å². The van der Waals surface area contributed by atoms with Crippen molar-refractivity contribution in [3.8, 4) is 11.5 Å². The largest absolute Gasteiger partial charge is 0.508 e. The summed E-state index contributed by atoms with van der Waals surface area (Å²) < 4.78 is 20.8. The highest BCUT2D eigenvalue weighted by molar-refractivity contribution is 6.08. The molecule has 6 rings (SSSR count). The fraction of sp³-hybridized carbons (Fsp3) is 0.429. The number of hydrogen-bond donors (Lipinski definition) is 2. The van der Waals surface area contributed by atoms with E-state index in [4.69, 9.17) is 4.74 Å². The van der Waals surface area contributed by atoms with Crippen molar-refractivity contribution in [1.29, 1.82) is 0 Å². The van der Waals surface area contributed by atoms with Crippen LogP contribution in [0.3, 0.4) is 0 Å². The summed E-state index contributed by atoms with van der Waals surface area (Å²) in [6.07, 6.45) is 0.164. The number of likely N-dealkylation sites (N-methyl/N-ethyl adjacent to an activating group) is 1. The van der Waals surface area contributed by atoms with Gasteiger partial charge in [0, 0.05) is 62.3 Å². The van der Waals surface area contributed by atoms with Crippen LogP contribution < -0.4 is 4.74 Å². The second-order valence-electron chi connectivity index (χ2n) is 10.7. The van der Waals surface area contributed by atoms with E-state index < -0.39 is 17.4 Å². The monoisotopic (exact) mass is 521 g/mol. The quantitative estimate of drug-likeness (QED) is 0.502. The van der Waals surface area contributed by atoms with Crippen molar-refractivity contribution in [2.45, 2.75) is 24.9 Å². The molecule has 3 amide bonds. The number of benzene rings is 2. The van der Waals surface area contributed by atoms with Crippen molar-refractivity contribution in [2.24, 2.45) is 0 Å². The first-order valence-corrected chi connectivity index (χ1v) is 12.9. The number of aromatic nitrogens is 1. The standard InChI is InChI=1S/C28H32FN5O4/c1-28-16-19-22-20(7-8-21(38-3)23(22)29)30-24(19)25(17-5-4-6-18(35)15-17)34(28)27(37)33(26(28)36)14-13-32-11-9-31(2)10-12-32/h4-8,15,25,30,35H,9-14,16H2,1-3H3/t25-,28+/m1/s1. The van der Waals surface area contributed by atoms with Gasteiger partial charge in [-0.25, -0.2) is 9.18 Å². The second kappa shape index (κ2) is 8.99. The Balaban J connectivity index is 1.44. The zero-order valence-electron chi connectivity index (χ0n) is 21.8. The number of nitrogens with one attached hydrogen (secondary N) is 1. The molecule has 9 nitrogen and oxygen atoms in total. The number of amides is 3. The van der Waals surface area contributed by atoms with Crippen molar-refractivity contribution in [2.75, 3.05) is 53.4 Å². The third kappa shape index (κ3) is 3.65. The number of fused-ring (bicyclic) bond motifs is 4. The molecule has 3 aliphatic rings. The average Bonchev–Trinajstić information content (AvgIpc) is 3.35. The first kappa shape index (κ1) is 24.7. The summed E-state index contributed by atoms with van der Waals surface area (Å²) in [6, 6.07) is 8.88. The van der Waals surface area contributed by atoms with Crippen LogP contribution in [-0.4, -0.2) is 101 Å². The molecule has 10 heteroatoms. The van der Waals surface area contributed by atoms with E-state index in [0.717, 1.165) is 26.2 Å². The third-order valence-electron chi connectivity index (χ3n) is 8.37. The number of nitrogens with zero attached hydrogens (tertiary/aromatic N) is 4. The summed E-state index contributed by atoms with van der Waals surface area (Å²) in [5.74, 6) is -0.628. The molecule has 3 aromatic rings. The molecule has 0 spiro atoms. The number of phenolic OH excluding ortho intramolecular Hbond substituents is 1. The van der Waals surface area contributed by atoms with Gasteiger partial charge in [0.25, 0.3) is 5.91 Å². The van der Waals surface area contributed by atoms with Crippen LogP contribution in [0.5, 0.6) is 11.5 Å². The number of aromatic amines is 1. The number of halogens is 1. The molecule has 2 N–H and O–H groups in total. The first-order chi connectivity index (χ1) is 18.2. The number of imide groups is 1. The summed E-state index contributed by atoms with van der Waals surface area (Å²) in [6.45, 7) is 6.32. The van der Waals surface area contributed by atoms with Gasteiger partial charge in [0.1, 0.15) is 17.3 Å². The molecule has 2 atom stereocenters. The van der Waals surface area contributed by atoms with E-state index in [-0.39, 0.29) is 36.4 Å². The summed E-state index contributed by atoms with van der Waals surface area (Å²) in [5, 5.41) is 10.7. The Bertz CT molecular complexity index is 1430. The van der Waals surface area contributed by atoms with Gasteiger partial charge in [-0.3, -0.25) is 19.5 Å². The smallest absolute Gasteiger partial charge is 0.328 e. The molecule has 200 valence electrons. The molecule has 1 aromatic heterocycles. The van der Waals surface area contributed by atoms with Gasteiger partial charge < -0.3 is 19.7 Å². The van der Waals surface area contributed by atoms with Crippen molar-refractivity contribution >= 4 is 22.8 Å². The highest BCUT2D eigenvalue weighted by atomic mass is 19.1. The van der Waals surface area contributed by atoms with Gasteiger partial charge in [-0.15, -0.1) is 0 Å². The van der Waals surface area contributed by atoms with Crippen LogP contribution in [0.2, 0.25) is 0 Å². The van der Waals surface area contributed by atoms with E-state index >= 15 is 4.39 Å². The van der Waals surface area contributed by atoms with Gasteiger partial charge in [0.05, 0.1) is 7.11 Å². The Morgan fingerprint density at radius 3 is 2.61 bits per heavy atom. The Hall–Kier alpha value is -3.63. The van der Waals surface area contributed by atoms with E-state index in [2.05, 4.69) is 21.8 Å². The number of ether oxygens (including phenoxy) is 1. The molecule has 2 aromatic carbocycles. The first-order valence-electron chi connectivity index (χ1n) is 12.9. The molecule has 0 bridgehead atoms. The van der Waals surface area contributed by atoms with E-state index in [1.807, 2.05) is 6.07 Å². The summed E-state index contributed by atoms with van der Waals surface area (Å²) in [5.41, 5.74) is 1.27. The molecule has 2 fully saturated rings. The molecular formula is C28H32FN5O4. The van der Waals surface area contributed by atoms with Crippen LogP contribution in [0.4, 0.5) is 9.18 Å². The molecule has 0 radical (unpaired) electrons. The Morgan fingerprint density at radius 1 is 1.13 bits per heavy atom. The minimum absolute atomic E-state index is 0.0465. The van der Waals surface area contributed by atoms with Crippen LogP contribution in [0, 0.1) is 5.82 Å². The maximum Gasteiger partial charge on any atom is 0.328 e. The highest BCUT2D eigenvalue weighted by Gasteiger charge is 2.60. The number of aromatic hydroxyl groups is 1. The van der Waals surface area contributed by atoms with Crippen molar-refractivity contribution in [3.05, 3.63) is 59.0 Å². The number of carbonyl (C=O) groups is 2. The lowest BCUT2D eigenvalue weighted by Gasteiger charge is -2.42. The second-order valence-corrected chi connectivity index (χ2v) is 10.7. The van der Waals surface area contributed by atoms with Gasteiger partial charge in [-0.2, -0.15) is 0 Å². The number of piperazine rings is 1. The van der Waals surface area contributed by atoms with Gasteiger partial charge in [-0.1, -0.05) is 12.1 Å². The molecule has 0 unspecified atom stereocenters. The lowest BCUT2D eigenvalue weighted by Crippen LogP contribution is -2.53. The maximum atomic E-state index is 15.6. The van der Waals surface area contributed by atoms with E-state index in [1.54, 1.807) is 42.2 Å². The third-order valence-corrected chi connectivity index (χ3v) is 8.37. The van der Waals surface area contributed by atoms with E-state index in [9.17, 15) is 14.7 Å². The van der Waals surface area contributed by atoms with Gasteiger partial charge >= 0.3 is 6.03 Å². The highest BCUT2D eigenvalue weighted by Crippen LogP contribution is 2.49. The van der Waals surface area contributed by atoms with Crippen molar-refractivity contribution in [3.63, 3.8) is 0 Å². The lowest BCUT2D eigenvalue weighted by atomic mass is 9.81. The summed E-state index contributed by atoms with van der Waals surface area (Å²) in [7, 11) is 3.50. The van der Waals surface area contributed by atoms with Gasteiger partial charge in [-0.05, 0) is 49.4 Å². The van der Waals surface area contributed by atoms with Crippen LogP contribution in [0.25, 0.3) is 10.9 Å². The van der Waals surface area contributed by atoms with Crippen LogP contribution in [-0.2, 0) is 11.2 Å². The molecule has 4 heterocycles. The van der Waals surface area contributed by atoms with Crippen LogP contribution >= 0.6 is 0 Å². The average molecular weight is 522 g/mol. The minimum atomic E-state index is -1.22. The Morgan fingerprint density at radius 2 is 1.89 bits per heavy atom. The van der Waals surface area contributed by atoms with Crippen LogP contribution in [0.1, 0.15) is 29.8 Å². The predicted molar refractivity (Wildman–Crippen MR) is 140 cm³/mol. The number of methoxy groups -OCH3 is 1. The van der Waals surface area contributed by atoms with Crippen molar-refractivity contribution in [1.82, 2.24) is 24.6 Å². The van der Waals surface area contributed by atoms with E-state index in [0.29, 0.717) is 34.3 Å². The summed E-state index contributed by atoms with van der Waals surface area (Å²) >= 11 is 0. The zero-order valence-corrected chi connectivity index (χ0v) is 21.8. The number of hydrogen-bond acceptors (Lipinski definition) is 6. The summed E-state index contributed by atoms with van der Waals surface area (Å²) in [4.78, 5) is 38.8. The van der Waals surface area contributed by atoms with E-state index in [1.165, 1.54) is 12.0 Å².